The van der Waals surface area contributed by atoms with Crippen LogP contribution in [0.2, 0.25) is 0 Å². The molecule has 0 aliphatic carbocycles. The van der Waals surface area contributed by atoms with E-state index < -0.39 is 5.69 Å². The van der Waals surface area contributed by atoms with Crippen molar-refractivity contribution in [3.63, 3.8) is 0 Å². The molecule has 0 aliphatic heterocycles. The molecule has 29 heavy (non-hydrogen) atoms. The molecule has 0 spiro atoms. The molecule has 2 aromatic heterocycles. The largest absolute Gasteiger partial charge is 0.422 e. The summed E-state index contributed by atoms with van der Waals surface area (Å²) in [6.45, 7) is 0.332. The number of carbonyl (C=O) groups excluding carboxylic acids is 1. The van der Waals surface area contributed by atoms with Gasteiger partial charge in [-0.1, -0.05) is 30.3 Å². The van der Waals surface area contributed by atoms with E-state index >= 15 is 0 Å². The minimum Gasteiger partial charge on any atom is -0.422 e. The summed E-state index contributed by atoms with van der Waals surface area (Å²) in [6, 6.07) is 19.7. The Morgan fingerprint density at radius 2 is 1.86 bits per heavy atom. The Balaban J connectivity index is 1.54. The van der Waals surface area contributed by atoms with Crippen LogP contribution in [0.5, 0.6) is 0 Å². The van der Waals surface area contributed by atoms with Gasteiger partial charge in [0.2, 0.25) is 0 Å². The zero-order valence-electron chi connectivity index (χ0n) is 15.2. The SMILES string of the molecule is O=C(Nc1ccccc1)c1cccc(CNc2nc(=O)n(O)c3ncccc23)c1. The summed E-state index contributed by atoms with van der Waals surface area (Å²) in [4.78, 5) is 32.2. The molecule has 3 N–H and O–H groups in total. The number of aromatic nitrogens is 3. The number of carbonyl (C=O) groups is 1. The monoisotopic (exact) mass is 387 g/mol. The van der Waals surface area contributed by atoms with E-state index in [0.717, 1.165) is 5.56 Å². The summed E-state index contributed by atoms with van der Waals surface area (Å²) >= 11 is 0. The van der Waals surface area contributed by atoms with E-state index in [9.17, 15) is 14.8 Å². The van der Waals surface area contributed by atoms with Crippen molar-refractivity contribution in [1.82, 2.24) is 14.7 Å². The molecule has 0 unspecified atom stereocenters. The number of anilines is 2. The van der Waals surface area contributed by atoms with E-state index in [0.29, 0.717) is 33.7 Å². The summed E-state index contributed by atoms with van der Waals surface area (Å²) in [5, 5.41) is 16.2. The minimum atomic E-state index is -0.824. The Bertz CT molecular complexity index is 1240. The maximum atomic E-state index is 12.5. The molecule has 2 aromatic carbocycles. The van der Waals surface area contributed by atoms with Gasteiger partial charge in [-0.05, 0) is 42.0 Å². The number of nitrogens with one attached hydrogen (secondary N) is 2. The van der Waals surface area contributed by atoms with Gasteiger partial charge in [0, 0.05) is 24.0 Å². The molecule has 2 heterocycles. The summed E-state index contributed by atoms with van der Waals surface area (Å²) in [7, 11) is 0. The Kier molecular flexibility index (Phi) is 4.90. The Morgan fingerprint density at radius 1 is 1.03 bits per heavy atom. The Labute approximate surface area is 165 Å². The molecule has 0 radical (unpaired) electrons. The normalized spacial score (nSPS) is 10.6. The van der Waals surface area contributed by atoms with Crippen LogP contribution >= 0.6 is 0 Å². The fraction of sp³-hybridized carbons (Fsp3) is 0.0476. The molecule has 8 nitrogen and oxygen atoms in total. The number of amides is 1. The lowest BCUT2D eigenvalue weighted by Crippen LogP contribution is -2.23. The van der Waals surface area contributed by atoms with Crippen molar-refractivity contribution < 1.29 is 10.0 Å². The third-order valence-electron chi connectivity index (χ3n) is 4.31. The van der Waals surface area contributed by atoms with Crippen molar-refractivity contribution >= 4 is 28.4 Å². The van der Waals surface area contributed by atoms with Gasteiger partial charge >= 0.3 is 5.69 Å². The highest BCUT2D eigenvalue weighted by molar-refractivity contribution is 6.04. The van der Waals surface area contributed by atoms with E-state index in [4.69, 9.17) is 0 Å². The van der Waals surface area contributed by atoms with Crippen LogP contribution in [0.1, 0.15) is 15.9 Å². The first-order valence-corrected chi connectivity index (χ1v) is 8.88. The van der Waals surface area contributed by atoms with Crippen LogP contribution in [-0.4, -0.2) is 25.8 Å². The molecular weight excluding hydrogens is 370 g/mol. The second-order valence-corrected chi connectivity index (χ2v) is 6.30. The van der Waals surface area contributed by atoms with Crippen molar-refractivity contribution in [2.45, 2.75) is 6.54 Å². The topological polar surface area (TPSA) is 109 Å². The maximum absolute atomic E-state index is 12.5. The van der Waals surface area contributed by atoms with Crippen molar-refractivity contribution in [1.29, 1.82) is 0 Å². The third-order valence-corrected chi connectivity index (χ3v) is 4.31. The van der Waals surface area contributed by atoms with Gasteiger partial charge in [-0.15, -0.1) is 4.73 Å². The molecule has 1 amide bonds. The number of para-hydroxylation sites is 1. The van der Waals surface area contributed by atoms with Crippen LogP contribution < -0.4 is 16.3 Å². The molecular formula is C21H17N5O3. The van der Waals surface area contributed by atoms with Gasteiger partial charge in [0.15, 0.2) is 5.65 Å². The fourth-order valence-corrected chi connectivity index (χ4v) is 2.91. The summed E-state index contributed by atoms with van der Waals surface area (Å²) < 4.78 is 0.412. The second kappa shape index (κ2) is 7.81. The van der Waals surface area contributed by atoms with Gasteiger partial charge in [-0.3, -0.25) is 4.79 Å². The standard InChI is InChI=1S/C21H17N5O3/c27-20(24-16-8-2-1-3-9-16)15-7-4-6-14(12-15)13-23-18-17-10-5-11-22-19(17)26(29)21(28)25-18/h1-12,29H,13H2,(H,24,27)(H,23,25,28). The average molecular weight is 387 g/mol. The van der Waals surface area contributed by atoms with Crippen molar-refractivity contribution in [2.75, 3.05) is 10.6 Å². The molecule has 0 saturated heterocycles. The van der Waals surface area contributed by atoms with Crippen LogP contribution in [-0.2, 0) is 6.54 Å². The average Bonchev–Trinajstić information content (AvgIpc) is 2.76. The number of pyridine rings is 1. The quantitative estimate of drug-likeness (QED) is 0.454. The molecule has 0 bridgehead atoms. The van der Waals surface area contributed by atoms with Gasteiger partial charge in [-0.25, -0.2) is 9.78 Å². The van der Waals surface area contributed by atoms with Crippen molar-refractivity contribution in [3.8, 4) is 0 Å². The molecule has 4 rings (SSSR count). The molecule has 8 heteroatoms. The van der Waals surface area contributed by atoms with Gasteiger partial charge in [0.05, 0.1) is 5.39 Å². The zero-order chi connectivity index (χ0) is 20.2. The van der Waals surface area contributed by atoms with E-state index in [-0.39, 0.29) is 11.6 Å². The number of benzene rings is 2. The highest BCUT2D eigenvalue weighted by Crippen LogP contribution is 2.18. The van der Waals surface area contributed by atoms with Crippen molar-refractivity contribution in [3.05, 3.63) is 94.5 Å². The first-order chi connectivity index (χ1) is 14.1. The molecule has 144 valence electrons. The molecule has 0 atom stereocenters. The van der Waals surface area contributed by atoms with Crippen LogP contribution in [0, 0.1) is 0 Å². The highest BCUT2D eigenvalue weighted by Gasteiger charge is 2.11. The lowest BCUT2D eigenvalue weighted by molar-refractivity contribution is 0.102. The van der Waals surface area contributed by atoms with Crippen LogP contribution in [0.3, 0.4) is 0 Å². The molecule has 0 aliphatic rings. The molecule has 4 aromatic rings. The predicted molar refractivity (Wildman–Crippen MR) is 109 cm³/mol. The number of fused-ring (bicyclic) bond motifs is 1. The van der Waals surface area contributed by atoms with Crippen molar-refractivity contribution in [2.24, 2.45) is 0 Å². The van der Waals surface area contributed by atoms with Gasteiger partial charge in [-0.2, -0.15) is 4.98 Å². The lowest BCUT2D eigenvalue weighted by Gasteiger charge is -2.10. The molecule has 0 saturated carbocycles. The van der Waals surface area contributed by atoms with E-state index in [1.54, 1.807) is 30.3 Å². The predicted octanol–water partition coefficient (Wildman–Crippen LogP) is 2.89. The van der Waals surface area contributed by atoms with Crippen LogP contribution in [0.4, 0.5) is 11.5 Å². The number of nitrogens with zero attached hydrogens (tertiary/aromatic N) is 3. The Hall–Kier alpha value is -4.20. The van der Waals surface area contributed by atoms with Gasteiger partial charge in [0.25, 0.3) is 5.91 Å². The lowest BCUT2D eigenvalue weighted by atomic mass is 10.1. The molecule has 0 fully saturated rings. The number of hydrogen-bond donors (Lipinski definition) is 3. The second-order valence-electron chi connectivity index (χ2n) is 6.30. The first kappa shape index (κ1) is 18.2. The third kappa shape index (κ3) is 3.91. The van der Waals surface area contributed by atoms with E-state index in [2.05, 4.69) is 20.6 Å². The smallest absolute Gasteiger partial charge is 0.384 e. The van der Waals surface area contributed by atoms with Crippen LogP contribution in [0.15, 0.2) is 77.7 Å². The summed E-state index contributed by atoms with van der Waals surface area (Å²) in [5.74, 6) is 0.0937. The van der Waals surface area contributed by atoms with E-state index in [1.807, 2.05) is 36.4 Å². The van der Waals surface area contributed by atoms with Crippen LogP contribution in [0.25, 0.3) is 11.0 Å². The Morgan fingerprint density at radius 3 is 2.69 bits per heavy atom. The zero-order valence-corrected chi connectivity index (χ0v) is 15.2. The first-order valence-electron chi connectivity index (χ1n) is 8.88. The maximum Gasteiger partial charge on any atom is 0.384 e. The highest BCUT2D eigenvalue weighted by atomic mass is 16.5. The summed E-state index contributed by atoms with van der Waals surface area (Å²) in [6.07, 6.45) is 1.48. The van der Waals surface area contributed by atoms with Gasteiger partial charge in [0.1, 0.15) is 5.82 Å². The van der Waals surface area contributed by atoms with E-state index in [1.165, 1.54) is 6.20 Å². The summed E-state index contributed by atoms with van der Waals surface area (Å²) in [5.41, 5.74) is 1.35. The number of rotatable bonds is 5. The van der Waals surface area contributed by atoms with Gasteiger partial charge < -0.3 is 15.8 Å². The number of hydrogen-bond acceptors (Lipinski definition) is 6. The minimum absolute atomic E-state index is 0.117. The fourth-order valence-electron chi connectivity index (χ4n) is 2.91.